The van der Waals surface area contributed by atoms with Crippen molar-refractivity contribution < 1.29 is 18.8 Å². The van der Waals surface area contributed by atoms with Gasteiger partial charge in [0.25, 0.3) is 0 Å². The molecule has 1 aliphatic rings. The fourth-order valence-corrected chi connectivity index (χ4v) is 2.63. The van der Waals surface area contributed by atoms with Crippen LogP contribution in [0, 0.1) is 0 Å². The molecule has 0 bridgehead atoms. The zero-order valence-corrected chi connectivity index (χ0v) is 14.2. The standard InChI is InChI=1S/C17H26BNO4/c1-17(2,3)21-16(20)12-15-11-14(9-10-19)22-18(23-15)13-7-5-4-6-8-13/h4-8,14-15H,9-12,19H2,1-3H3/t14-,15-/m0/s1. The monoisotopic (exact) mass is 319 g/mol. The molecule has 1 aromatic carbocycles. The first-order valence-corrected chi connectivity index (χ1v) is 8.15. The molecule has 0 spiro atoms. The molecule has 0 aromatic heterocycles. The van der Waals surface area contributed by atoms with Crippen LogP contribution in [0.4, 0.5) is 0 Å². The number of ether oxygens (including phenoxy) is 1. The molecule has 126 valence electrons. The first kappa shape index (κ1) is 18.0. The summed E-state index contributed by atoms with van der Waals surface area (Å²) < 4.78 is 17.3. The Labute approximate surface area is 138 Å². The van der Waals surface area contributed by atoms with Gasteiger partial charge in [-0.1, -0.05) is 30.3 Å². The minimum absolute atomic E-state index is 0.00797. The fourth-order valence-electron chi connectivity index (χ4n) is 2.63. The van der Waals surface area contributed by atoms with Gasteiger partial charge in [-0.2, -0.15) is 0 Å². The van der Waals surface area contributed by atoms with Crippen LogP contribution in [0.5, 0.6) is 0 Å². The number of rotatable bonds is 5. The summed E-state index contributed by atoms with van der Waals surface area (Å²) in [5.74, 6) is -0.247. The molecule has 0 unspecified atom stereocenters. The van der Waals surface area contributed by atoms with E-state index in [2.05, 4.69) is 0 Å². The van der Waals surface area contributed by atoms with E-state index in [1.807, 2.05) is 51.1 Å². The van der Waals surface area contributed by atoms with E-state index in [1.54, 1.807) is 0 Å². The van der Waals surface area contributed by atoms with Crippen LogP contribution in [0.2, 0.25) is 0 Å². The number of esters is 1. The third-order valence-electron chi connectivity index (χ3n) is 3.53. The maximum Gasteiger partial charge on any atom is 0.494 e. The summed E-state index contributed by atoms with van der Waals surface area (Å²) in [7, 11) is -0.464. The Morgan fingerprint density at radius 2 is 1.91 bits per heavy atom. The maximum atomic E-state index is 12.1. The largest absolute Gasteiger partial charge is 0.494 e. The molecule has 0 radical (unpaired) electrons. The number of carbonyl (C=O) groups is 1. The Balaban J connectivity index is 2.02. The molecule has 1 heterocycles. The van der Waals surface area contributed by atoms with Crippen molar-refractivity contribution in [3.63, 3.8) is 0 Å². The summed E-state index contributed by atoms with van der Waals surface area (Å²) in [5, 5.41) is 0. The van der Waals surface area contributed by atoms with Gasteiger partial charge in [0.2, 0.25) is 0 Å². The lowest BCUT2D eigenvalue weighted by molar-refractivity contribution is -0.157. The van der Waals surface area contributed by atoms with Crippen molar-refractivity contribution in [2.45, 2.75) is 57.8 Å². The molecule has 1 saturated heterocycles. The normalized spacial score (nSPS) is 22.0. The van der Waals surface area contributed by atoms with Crippen molar-refractivity contribution in [3.8, 4) is 0 Å². The van der Waals surface area contributed by atoms with Gasteiger partial charge in [-0.25, -0.2) is 0 Å². The predicted octanol–water partition coefficient (Wildman–Crippen LogP) is 1.64. The molecule has 0 aliphatic carbocycles. The van der Waals surface area contributed by atoms with Crippen LogP contribution in [0.1, 0.15) is 40.0 Å². The van der Waals surface area contributed by atoms with Gasteiger partial charge in [0.05, 0.1) is 12.5 Å². The Kier molecular flexibility index (Phi) is 6.21. The molecule has 0 saturated carbocycles. The maximum absolute atomic E-state index is 12.1. The number of hydrogen-bond acceptors (Lipinski definition) is 5. The zero-order valence-electron chi connectivity index (χ0n) is 14.2. The molecule has 0 amide bonds. The van der Waals surface area contributed by atoms with Crippen LogP contribution in [0.3, 0.4) is 0 Å². The summed E-state index contributed by atoms with van der Waals surface area (Å²) >= 11 is 0. The second kappa shape index (κ2) is 7.95. The Morgan fingerprint density at radius 1 is 1.26 bits per heavy atom. The van der Waals surface area contributed by atoms with Crippen LogP contribution < -0.4 is 11.2 Å². The molecule has 1 aromatic rings. The van der Waals surface area contributed by atoms with E-state index >= 15 is 0 Å². The number of hydrogen-bond donors (Lipinski definition) is 1. The van der Waals surface area contributed by atoms with Gasteiger partial charge >= 0.3 is 13.1 Å². The topological polar surface area (TPSA) is 70.8 Å². The van der Waals surface area contributed by atoms with E-state index in [-0.39, 0.29) is 24.6 Å². The van der Waals surface area contributed by atoms with Gasteiger partial charge in [0.1, 0.15) is 5.60 Å². The molecule has 23 heavy (non-hydrogen) atoms. The zero-order chi connectivity index (χ0) is 16.9. The number of nitrogens with two attached hydrogens (primary N) is 1. The lowest BCUT2D eigenvalue weighted by Crippen LogP contribution is -2.49. The molecule has 1 aliphatic heterocycles. The van der Waals surface area contributed by atoms with Crippen molar-refractivity contribution in [3.05, 3.63) is 30.3 Å². The van der Waals surface area contributed by atoms with E-state index in [0.717, 1.165) is 11.9 Å². The van der Waals surface area contributed by atoms with Crippen LogP contribution in [-0.4, -0.2) is 37.4 Å². The highest BCUT2D eigenvalue weighted by molar-refractivity contribution is 6.61. The van der Waals surface area contributed by atoms with Crippen LogP contribution in [-0.2, 0) is 18.8 Å². The Bertz CT molecular complexity index is 503. The Hall–Kier alpha value is -1.37. The number of benzene rings is 1. The van der Waals surface area contributed by atoms with Gasteiger partial charge in [-0.3, -0.25) is 4.79 Å². The fraction of sp³-hybridized carbons (Fsp3) is 0.588. The van der Waals surface area contributed by atoms with Crippen molar-refractivity contribution in [2.75, 3.05) is 6.54 Å². The molecule has 2 rings (SSSR count). The molecule has 6 heteroatoms. The van der Waals surface area contributed by atoms with E-state index in [0.29, 0.717) is 13.0 Å². The van der Waals surface area contributed by atoms with Gasteiger partial charge in [0, 0.05) is 6.10 Å². The van der Waals surface area contributed by atoms with Crippen molar-refractivity contribution in [1.29, 1.82) is 0 Å². The van der Waals surface area contributed by atoms with Crippen LogP contribution in [0.25, 0.3) is 0 Å². The molecule has 2 atom stereocenters. The first-order valence-electron chi connectivity index (χ1n) is 8.15. The average molecular weight is 319 g/mol. The van der Waals surface area contributed by atoms with E-state index in [4.69, 9.17) is 19.8 Å². The second-order valence-corrected chi connectivity index (χ2v) is 6.86. The predicted molar refractivity (Wildman–Crippen MR) is 90.3 cm³/mol. The summed E-state index contributed by atoms with van der Waals surface area (Å²) in [6, 6.07) is 9.75. The minimum Gasteiger partial charge on any atom is -0.460 e. The molecule has 1 fully saturated rings. The highest BCUT2D eigenvalue weighted by atomic mass is 16.6. The summed E-state index contributed by atoms with van der Waals surface area (Å²) in [5.41, 5.74) is 6.12. The molecular weight excluding hydrogens is 293 g/mol. The number of carbonyl (C=O) groups excluding carboxylic acids is 1. The highest BCUT2D eigenvalue weighted by Crippen LogP contribution is 2.22. The Morgan fingerprint density at radius 3 is 2.52 bits per heavy atom. The van der Waals surface area contributed by atoms with Crippen LogP contribution in [0.15, 0.2) is 30.3 Å². The van der Waals surface area contributed by atoms with E-state index in [1.165, 1.54) is 0 Å². The molecular formula is C17H26BNO4. The highest BCUT2D eigenvalue weighted by Gasteiger charge is 2.36. The van der Waals surface area contributed by atoms with Gasteiger partial charge in [0.15, 0.2) is 0 Å². The van der Waals surface area contributed by atoms with Gasteiger partial charge in [-0.05, 0) is 45.6 Å². The quantitative estimate of drug-likeness (QED) is 0.660. The second-order valence-electron chi connectivity index (χ2n) is 6.86. The average Bonchev–Trinajstić information content (AvgIpc) is 2.46. The molecule has 2 N–H and O–H groups in total. The van der Waals surface area contributed by atoms with Gasteiger partial charge < -0.3 is 19.8 Å². The SMILES string of the molecule is CC(C)(C)OC(=O)C[C@@H]1C[C@H](CCN)OB(c2ccccc2)O1. The van der Waals surface area contributed by atoms with Gasteiger partial charge in [-0.15, -0.1) is 0 Å². The van der Waals surface area contributed by atoms with Crippen LogP contribution >= 0.6 is 0 Å². The molecule has 5 nitrogen and oxygen atoms in total. The lowest BCUT2D eigenvalue weighted by Gasteiger charge is -2.34. The smallest absolute Gasteiger partial charge is 0.460 e. The first-order chi connectivity index (χ1) is 10.9. The lowest BCUT2D eigenvalue weighted by atomic mass is 9.76. The third-order valence-corrected chi connectivity index (χ3v) is 3.53. The third kappa shape index (κ3) is 5.97. The summed E-state index contributed by atoms with van der Waals surface area (Å²) in [6.45, 7) is 6.13. The van der Waals surface area contributed by atoms with Crippen molar-refractivity contribution in [1.82, 2.24) is 0 Å². The summed E-state index contributed by atoms with van der Waals surface area (Å²) in [6.07, 6.45) is 1.40. The van der Waals surface area contributed by atoms with Crippen molar-refractivity contribution in [2.24, 2.45) is 5.73 Å². The minimum atomic E-state index is -0.488. The van der Waals surface area contributed by atoms with E-state index < -0.39 is 12.7 Å². The summed E-state index contributed by atoms with van der Waals surface area (Å²) in [4.78, 5) is 12.1. The van der Waals surface area contributed by atoms with E-state index in [9.17, 15) is 4.79 Å². The van der Waals surface area contributed by atoms with Crippen molar-refractivity contribution >= 4 is 18.6 Å².